The molecule has 158 valence electrons. The second-order valence-corrected chi connectivity index (χ2v) is 8.48. The van der Waals surface area contributed by atoms with Crippen LogP contribution in [0.3, 0.4) is 0 Å². The molecule has 0 aliphatic carbocycles. The molecule has 0 atom stereocenters. The van der Waals surface area contributed by atoms with Crippen LogP contribution in [-0.2, 0) is 0 Å². The Balaban J connectivity index is 1.72. The van der Waals surface area contributed by atoms with Crippen LogP contribution in [0, 0.1) is 5.82 Å². The number of anilines is 1. The highest BCUT2D eigenvalue weighted by molar-refractivity contribution is 6.34. The Morgan fingerprint density at radius 1 is 1.19 bits per heavy atom. The zero-order valence-electron chi connectivity index (χ0n) is 17.0. The zero-order chi connectivity index (χ0) is 21.9. The zero-order valence-corrected chi connectivity index (χ0v) is 17.7. The van der Waals surface area contributed by atoms with Crippen molar-refractivity contribution in [2.75, 3.05) is 32.1 Å². The third-order valence-corrected chi connectivity index (χ3v) is 6.19. The third-order valence-electron chi connectivity index (χ3n) is 5.89. The molecule has 6 nitrogen and oxygen atoms in total. The van der Waals surface area contributed by atoms with E-state index >= 15 is 4.39 Å². The summed E-state index contributed by atoms with van der Waals surface area (Å²) in [6, 6.07) is 12.2. The van der Waals surface area contributed by atoms with Gasteiger partial charge in [-0.3, -0.25) is 9.78 Å². The number of halogens is 2. The van der Waals surface area contributed by atoms with Crippen molar-refractivity contribution in [1.29, 1.82) is 0 Å². The number of aromatic nitrogens is 2. The van der Waals surface area contributed by atoms with Crippen molar-refractivity contribution in [3.05, 3.63) is 63.7 Å². The van der Waals surface area contributed by atoms with Crippen molar-refractivity contribution >= 4 is 39.2 Å². The van der Waals surface area contributed by atoms with E-state index < -0.39 is 11.4 Å². The summed E-state index contributed by atoms with van der Waals surface area (Å²) < 4.78 is 15.8. The molecule has 1 aromatic heterocycles. The van der Waals surface area contributed by atoms with Crippen LogP contribution in [0.1, 0.15) is 0 Å². The molecule has 0 unspecified atom stereocenters. The first-order valence-corrected chi connectivity index (χ1v) is 10.3. The van der Waals surface area contributed by atoms with Crippen LogP contribution in [-0.4, -0.2) is 53.2 Å². The number of hydrogen-bond acceptors (Lipinski definition) is 5. The summed E-state index contributed by atoms with van der Waals surface area (Å²) in [6.45, 7) is 1.39. The molecule has 8 heteroatoms. The molecule has 5 rings (SSSR count). The largest absolute Gasteiger partial charge is 0.508 e. The fourth-order valence-corrected chi connectivity index (χ4v) is 4.34. The van der Waals surface area contributed by atoms with Crippen LogP contribution in [0.4, 0.5) is 10.3 Å². The normalized spacial score (nSPS) is 14.5. The molecule has 0 amide bonds. The summed E-state index contributed by atoms with van der Waals surface area (Å²) in [5.74, 6) is -0.349. The van der Waals surface area contributed by atoms with Crippen molar-refractivity contribution in [1.82, 2.24) is 14.9 Å². The lowest BCUT2D eigenvalue weighted by Gasteiger charge is -2.42. The maximum Gasteiger partial charge on any atom is 0.260 e. The second kappa shape index (κ2) is 7.21. The Morgan fingerprint density at radius 3 is 2.68 bits per heavy atom. The summed E-state index contributed by atoms with van der Waals surface area (Å²) >= 11 is 6.44. The number of aromatic hydroxyl groups is 1. The highest BCUT2D eigenvalue weighted by atomic mass is 35.5. The van der Waals surface area contributed by atoms with E-state index in [1.54, 1.807) is 6.07 Å². The van der Waals surface area contributed by atoms with Crippen molar-refractivity contribution in [3.8, 4) is 16.9 Å². The first kappa shape index (κ1) is 19.8. The predicted molar refractivity (Wildman–Crippen MR) is 122 cm³/mol. The smallest absolute Gasteiger partial charge is 0.260 e. The SMILES string of the molecule is CN(C)C1CN(c2nc3c(F)c(-c4cc(O)cc5ccccc45)c(Cl)cc3c(=O)[nH]2)C1. The van der Waals surface area contributed by atoms with Crippen molar-refractivity contribution in [3.63, 3.8) is 0 Å². The Labute approximate surface area is 182 Å². The highest BCUT2D eigenvalue weighted by Crippen LogP contribution is 2.40. The van der Waals surface area contributed by atoms with Gasteiger partial charge in [-0.2, -0.15) is 0 Å². The van der Waals surface area contributed by atoms with Gasteiger partial charge < -0.3 is 14.9 Å². The average molecular weight is 439 g/mol. The van der Waals surface area contributed by atoms with Gasteiger partial charge in [-0.15, -0.1) is 0 Å². The molecule has 0 saturated carbocycles. The molecule has 0 radical (unpaired) electrons. The molecule has 1 aliphatic rings. The summed E-state index contributed by atoms with van der Waals surface area (Å²) in [6.07, 6.45) is 0. The maximum absolute atomic E-state index is 15.8. The van der Waals surface area contributed by atoms with E-state index in [0.29, 0.717) is 30.6 Å². The summed E-state index contributed by atoms with van der Waals surface area (Å²) in [4.78, 5) is 23.9. The number of H-pyrrole nitrogens is 1. The van der Waals surface area contributed by atoms with Crippen LogP contribution >= 0.6 is 11.6 Å². The quantitative estimate of drug-likeness (QED) is 0.506. The number of hydrogen-bond donors (Lipinski definition) is 2. The maximum atomic E-state index is 15.8. The molecule has 2 N–H and O–H groups in total. The van der Waals surface area contributed by atoms with Crippen molar-refractivity contribution < 1.29 is 9.50 Å². The molecule has 3 aromatic carbocycles. The molecule has 4 aromatic rings. The molecule has 31 heavy (non-hydrogen) atoms. The first-order chi connectivity index (χ1) is 14.8. The van der Waals surface area contributed by atoms with E-state index in [4.69, 9.17) is 11.6 Å². The number of nitrogens with zero attached hydrogens (tertiary/aromatic N) is 3. The Bertz CT molecular complexity index is 1400. The standard InChI is InChI=1S/C23H20ClFN4O2/c1-28(2)13-10-29(11-13)23-26-21-17(22(31)27-23)9-18(24)19(20(21)25)16-8-14(30)7-12-5-3-4-6-15(12)16/h3-9,13,30H,10-11H2,1-2H3,(H,26,27,31). The monoisotopic (exact) mass is 438 g/mol. The number of likely N-dealkylation sites (N-methyl/N-ethyl adjacent to an activating group) is 1. The summed E-state index contributed by atoms with van der Waals surface area (Å²) in [5.41, 5.74) is 0.0700. The number of rotatable bonds is 3. The fourth-order valence-electron chi connectivity index (χ4n) is 4.05. The van der Waals surface area contributed by atoms with Gasteiger partial charge >= 0.3 is 0 Å². The lowest BCUT2D eigenvalue weighted by atomic mass is 9.96. The Kier molecular flexibility index (Phi) is 4.60. The van der Waals surface area contributed by atoms with E-state index in [1.165, 1.54) is 12.1 Å². The van der Waals surface area contributed by atoms with Gasteiger partial charge in [0.15, 0.2) is 5.82 Å². The minimum Gasteiger partial charge on any atom is -0.508 e. The van der Waals surface area contributed by atoms with E-state index in [9.17, 15) is 9.90 Å². The molecule has 1 saturated heterocycles. The van der Waals surface area contributed by atoms with Crippen molar-refractivity contribution in [2.45, 2.75) is 6.04 Å². The van der Waals surface area contributed by atoms with Gasteiger partial charge in [0, 0.05) is 24.7 Å². The van der Waals surface area contributed by atoms with Crippen LogP contribution in [0.2, 0.25) is 5.02 Å². The van der Waals surface area contributed by atoms with E-state index in [2.05, 4.69) is 14.9 Å². The summed E-state index contributed by atoms with van der Waals surface area (Å²) in [5, 5.41) is 11.8. The average Bonchev–Trinajstić information content (AvgIpc) is 2.67. The number of benzene rings is 3. The van der Waals surface area contributed by atoms with Crippen LogP contribution in [0.25, 0.3) is 32.8 Å². The van der Waals surface area contributed by atoms with Gasteiger partial charge in [0.25, 0.3) is 5.56 Å². The summed E-state index contributed by atoms with van der Waals surface area (Å²) in [7, 11) is 3.98. The van der Waals surface area contributed by atoms with E-state index in [1.807, 2.05) is 43.3 Å². The number of fused-ring (bicyclic) bond motifs is 2. The third kappa shape index (κ3) is 3.21. The number of phenolic OH excluding ortho intramolecular Hbond substituents is 1. The minimum atomic E-state index is -0.685. The minimum absolute atomic E-state index is 0.000808. The van der Waals surface area contributed by atoms with Gasteiger partial charge in [-0.1, -0.05) is 35.9 Å². The van der Waals surface area contributed by atoms with Crippen LogP contribution in [0.15, 0.2) is 47.3 Å². The Morgan fingerprint density at radius 2 is 1.94 bits per heavy atom. The predicted octanol–water partition coefficient (Wildman–Crippen LogP) is 3.99. The second-order valence-electron chi connectivity index (χ2n) is 8.07. The van der Waals surface area contributed by atoms with Crippen LogP contribution in [0.5, 0.6) is 5.75 Å². The molecular weight excluding hydrogens is 419 g/mol. The molecule has 1 aliphatic heterocycles. The van der Waals surface area contributed by atoms with Crippen LogP contribution < -0.4 is 10.5 Å². The van der Waals surface area contributed by atoms with E-state index in [-0.39, 0.29) is 27.2 Å². The van der Waals surface area contributed by atoms with Gasteiger partial charge in [0.05, 0.1) is 10.4 Å². The number of aromatic amines is 1. The molecule has 0 bridgehead atoms. The number of phenols is 1. The van der Waals surface area contributed by atoms with Gasteiger partial charge in [-0.25, -0.2) is 9.37 Å². The van der Waals surface area contributed by atoms with Gasteiger partial charge in [0.2, 0.25) is 5.95 Å². The molecule has 1 fully saturated rings. The molecular formula is C23H20ClFN4O2. The fraction of sp³-hybridized carbons (Fsp3) is 0.217. The Hall–Kier alpha value is -3.16. The molecule has 2 heterocycles. The van der Waals surface area contributed by atoms with Gasteiger partial charge in [0.1, 0.15) is 11.3 Å². The van der Waals surface area contributed by atoms with Crippen molar-refractivity contribution in [2.24, 2.45) is 0 Å². The van der Waals surface area contributed by atoms with Gasteiger partial charge in [-0.05, 0) is 48.6 Å². The first-order valence-electron chi connectivity index (χ1n) is 9.89. The number of nitrogens with one attached hydrogen (secondary N) is 1. The lowest BCUT2D eigenvalue weighted by Crippen LogP contribution is -2.58. The van der Waals surface area contributed by atoms with E-state index in [0.717, 1.165) is 10.8 Å². The highest BCUT2D eigenvalue weighted by Gasteiger charge is 2.30. The lowest BCUT2D eigenvalue weighted by molar-refractivity contribution is 0.245. The molecule has 0 spiro atoms. The topological polar surface area (TPSA) is 72.5 Å².